The SMILES string of the molecule is O=C(NC[C@@H]1CCCO1)c1cc(N2CCOCC2)ccc1[N+](=O)[O-]. The predicted molar refractivity (Wildman–Crippen MR) is 87.4 cm³/mol. The molecule has 2 aliphatic rings. The van der Waals surface area contributed by atoms with E-state index in [0.717, 1.165) is 18.5 Å². The second-order valence-electron chi connectivity index (χ2n) is 5.90. The van der Waals surface area contributed by atoms with Gasteiger partial charge in [-0.15, -0.1) is 0 Å². The molecule has 0 aliphatic carbocycles. The van der Waals surface area contributed by atoms with Crippen LogP contribution in [0.3, 0.4) is 0 Å². The second-order valence-corrected chi connectivity index (χ2v) is 5.90. The van der Waals surface area contributed by atoms with Gasteiger partial charge in [-0.3, -0.25) is 14.9 Å². The monoisotopic (exact) mass is 335 g/mol. The Balaban J connectivity index is 1.76. The number of nitro benzene ring substituents is 1. The van der Waals surface area contributed by atoms with Crippen molar-refractivity contribution in [2.45, 2.75) is 18.9 Å². The van der Waals surface area contributed by atoms with Crippen molar-refractivity contribution in [3.05, 3.63) is 33.9 Å². The summed E-state index contributed by atoms with van der Waals surface area (Å²) in [6.45, 7) is 3.70. The molecule has 2 aliphatic heterocycles. The van der Waals surface area contributed by atoms with E-state index in [-0.39, 0.29) is 17.4 Å². The number of hydrogen-bond acceptors (Lipinski definition) is 6. The van der Waals surface area contributed by atoms with Crippen LogP contribution in [0, 0.1) is 10.1 Å². The molecule has 0 aromatic heterocycles. The van der Waals surface area contributed by atoms with Gasteiger partial charge in [-0.25, -0.2) is 0 Å². The van der Waals surface area contributed by atoms with Crippen molar-refractivity contribution < 1.29 is 19.2 Å². The van der Waals surface area contributed by atoms with Gasteiger partial charge in [-0.2, -0.15) is 0 Å². The molecule has 130 valence electrons. The van der Waals surface area contributed by atoms with Gasteiger partial charge in [-0.1, -0.05) is 0 Å². The molecule has 1 aromatic rings. The molecule has 1 N–H and O–H groups in total. The number of morpholine rings is 1. The quantitative estimate of drug-likeness (QED) is 0.645. The largest absolute Gasteiger partial charge is 0.378 e. The highest BCUT2D eigenvalue weighted by atomic mass is 16.6. The zero-order chi connectivity index (χ0) is 16.9. The van der Waals surface area contributed by atoms with E-state index in [0.29, 0.717) is 39.5 Å². The van der Waals surface area contributed by atoms with E-state index >= 15 is 0 Å². The lowest BCUT2D eigenvalue weighted by Gasteiger charge is -2.29. The van der Waals surface area contributed by atoms with Crippen molar-refractivity contribution in [3.8, 4) is 0 Å². The highest BCUT2D eigenvalue weighted by Crippen LogP contribution is 2.26. The number of benzene rings is 1. The minimum Gasteiger partial charge on any atom is -0.378 e. The third-order valence-electron chi connectivity index (χ3n) is 4.31. The molecule has 0 saturated carbocycles. The van der Waals surface area contributed by atoms with Crippen LogP contribution >= 0.6 is 0 Å². The molecule has 8 heteroatoms. The molecular formula is C16H21N3O5. The number of rotatable bonds is 5. The molecule has 1 aromatic carbocycles. The Morgan fingerprint density at radius 2 is 2.12 bits per heavy atom. The molecule has 2 heterocycles. The van der Waals surface area contributed by atoms with Gasteiger partial charge in [0.1, 0.15) is 5.56 Å². The molecule has 0 unspecified atom stereocenters. The van der Waals surface area contributed by atoms with Crippen molar-refractivity contribution in [1.29, 1.82) is 0 Å². The van der Waals surface area contributed by atoms with Crippen LogP contribution in [0.4, 0.5) is 11.4 Å². The molecule has 1 atom stereocenters. The average molecular weight is 335 g/mol. The number of hydrogen-bond donors (Lipinski definition) is 1. The summed E-state index contributed by atoms with van der Waals surface area (Å²) in [5.74, 6) is -0.438. The predicted octanol–water partition coefficient (Wildman–Crippen LogP) is 1.34. The smallest absolute Gasteiger partial charge is 0.282 e. The number of carbonyl (C=O) groups is 1. The van der Waals surface area contributed by atoms with Crippen LogP contribution in [0.1, 0.15) is 23.2 Å². The first-order valence-electron chi connectivity index (χ1n) is 8.16. The number of nitro groups is 1. The minimum atomic E-state index is -0.524. The van der Waals surface area contributed by atoms with Crippen LogP contribution < -0.4 is 10.2 Å². The highest BCUT2D eigenvalue weighted by molar-refractivity contribution is 5.99. The van der Waals surface area contributed by atoms with Gasteiger partial charge in [0.2, 0.25) is 0 Å². The van der Waals surface area contributed by atoms with Gasteiger partial charge in [0.15, 0.2) is 0 Å². The molecule has 0 bridgehead atoms. The topological polar surface area (TPSA) is 93.9 Å². The van der Waals surface area contributed by atoms with E-state index in [2.05, 4.69) is 10.2 Å². The summed E-state index contributed by atoms with van der Waals surface area (Å²) in [7, 11) is 0. The summed E-state index contributed by atoms with van der Waals surface area (Å²) in [4.78, 5) is 25.2. The van der Waals surface area contributed by atoms with Crippen molar-refractivity contribution in [2.24, 2.45) is 0 Å². The van der Waals surface area contributed by atoms with E-state index in [4.69, 9.17) is 9.47 Å². The van der Waals surface area contributed by atoms with Crippen LogP contribution in [-0.4, -0.2) is 56.4 Å². The van der Waals surface area contributed by atoms with E-state index in [1.165, 1.54) is 6.07 Å². The summed E-state index contributed by atoms with van der Waals surface area (Å²) in [6, 6.07) is 4.67. The number of carbonyl (C=O) groups excluding carboxylic acids is 1. The zero-order valence-electron chi connectivity index (χ0n) is 13.4. The van der Waals surface area contributed by atoms with Crippen LogP contribution in [0.15, 0.2) is 18.2 Å². The fraction of sp³-hybridized carbons (Fsp3) is 0.562. The summed E-state index contributed by atoms with van der Waals surface area (Å²) < 4.78 is 10.8. The van der Waals surface area contributed by atoms with Crippen LogP contribution in [0.5, 0.6) is 0 Å². The standard InChI is InChI=1S/C16H21N3O5/c20-16(17-11-13-2-1-7-24-13)14-10-12(3-4-15(14)19(21)22)18-5-8-23-9-6-18/h3-4,10,13H,1-2,5-9,11H2,(H,17,20)/t13-/m0/s1. The third-order valence-corrected chi connectivity index (χ3v) is 4.31. The number of nitrogens with zero attached hydrogens (tertiary/aromatic N) is 2. The third kappa shape index (κ3) is 3.82. The molecule has 0 spiro atoms. The van der Waals surface area contributed by atoms with Gasteiger partial charge in [0.25, 0.3) is 11.6 Å². The lowest BCUT2D eigenvalue weighted by molar-refractivity contribution is -0.385. The summed E-state index contributed by atoms with van der Waals surface area (Å²) in [5, 5.41) is 14.0. The Hall–Kier alpha value is -2.19. The van der Waals surface area contributed by atoms with Crippen molar-refractivity contribution in [1.82, 2.24) is 5.32 Å². The van der Waals surface area contributed by atoms with E-state index in [1.807, 2.05) is 0 Å². The molecule has 8 nitrogen and oxygen atoms in total. The molecule has 1 amide bonds. The van der Waals surface area contributed by atoms with Crippen molar-refractivity contribution >= 4 is 17.3 Å². The van der Waals surface area contributed by atoms with E-state index < -0.39 is 10.8 Å². The van der Waals surface area contributed by atoms with Gasteiger partial charge in [0.05, 0.1) is 24.2 Å². The first-order chi connectivity index (χ1) is 11.6. The van der Waals surface area contributed by atoms with E-state index in [1.54, 1.807) is 12.1 Å². The molecule has 0 radical (unpaired) electrons. The van der Waals surface area contributed by atoms with Gasteiger partial charge in [-0.05, 0) is 25.0 Å². The number of nitrogens with one attached hydrogen (secondary N) is 1. The molecule has 24 heavy (non-hydrogen) atoms. The van der Waals surface area contributed by atoms with E-state index in [9.17, 15) is 14.9 Å². The Morgan fingerprint density at radius 1 is 1.33 bits per heavy atom. The first-order valence-corrected chi connectivity index (χ1v) is 8.16. The lowest BCUT2D eigenvalue weighted by atomic mass is 10.1. The van der Waals surface area contributed by atoms with Crippen LogP contribution in [0.2, 0.25) is 0 Å². The second kappa shape index (κ2) is 7.59. The number of amides is 1. The Labute approximate surface area is 139 Å². The highest BCUT2D eigenvalue weighted by Gasteiger charge is 2.24. The number of ether oxygens (including phenoxy) is 2. The summed E-state index contributed by atoms with van der Waals surface area (Å²) in [5.41, 5.74) is 0.699. The Kier molecular flexibility index (Phi) is 5.27. The summed E-state index contributed by atoms with van der Waals surface area (Å²) in [6.07, 6.45) is 1.87. The molecular weight excluding hydrogens is 314 g/mol. The van der Waals surface area contributed by atoms with Crippen molar-refractivity contribution in [3.63, 3.8) is 0 Å². The first kappa shape index (κ1) is 16.7. The summed E-state index contributed by atoms with van der Waals surface area (Å²) >= 11 is 0. The van der Waals surface area contributed by atoms with Gasteiger partial charge < -0.3 is 19.7 Å². The Bertz CT molecular complexity index is 610. The van der Waals surface area contributed by atoms with Crippen molar-refractivity contribution in [2.75, 3.05) is 44.4 Å². The minimum absolute atomic E-state index is 0.00423. The maximum Gasteiger partial charge on any atom is 0.282 e. The van der Waals surface area contributed by atoms with Gasteiger partial charge >= 0.3 is 0 Å². The molecule has 2 saturated heterocycles. The van der Waals surface area contributed by atoms with Gasteiger partial charge in [0, 0.05) is 38.0 Å². The Morgan fingerprint density at radius 3 is 2.79 bits per heavy atom. The van der Waals surface area contributed by atoms with Crippen LogP contribution in [-0.2, 0) is 9.47 Å². The zero-order valence-corrected chi connectivity index (χ0v) is 13.4. The maximum absolute atomic E-state index is 12.4. The normalized spacial score (nSPS) is 20.8. The fourth-order valence-electron chi connectivity index (χ4n) is 2.99. The number of anilines is 1. The lowest BCUT2D eigenvalue weighted by Crippen LogP contribution is -2.36. The van der Waals surface area contributed by atoms with Crippen LogP contribution in [0.25, 0.3) is 0 Å². The molecule has 3 rings (SSSR count). The average Bonchev–Trinajstić information content (AvgIpc) is 3.13. The fourth-order valence-corrected chi connectivity index (χ4v) is 2.99. The molecule has 2 fully saturated rings. The maximum atomic E-state index is 12.4.